The number of nitrogens with zero attached hydrogens (tertiary/aromatic N) is 1. The fraction of sp³-hybridized carbons (Fsp3) is 1.00. The first-order chi connectivity index (χ1) is 4.29. The van der Waals surface area contributed by atoms with Gasteiger partial charge in [-0.05, 0) is 18.8 Å². The lowest BCUT2D eigenvalue weighted by molar-refractivity contribution is -0.759. The Balaban J connectivity index is 1.97. The minimum Gasteiger partial charge on any atom is -0.314 e. The van der Waals surface area contributed by atoms with E-state index >= 15 is 0 Å². The van der Waals surface area contributed by atoms with Crippen LogP contribution in [-0.4, -0.2) is 11.7 Å². The molecule has 4 heteroatoms. The summed E-state index contributed by atoms with van der Waals surface area (Å²) < 4.78 is 0. The van der Waals surface area contributed by atoms with Crippen LogP contribution < -0.4 is 0 Å². The van der Waals surface area contributed by atoms with Gasteiger partial charge in [0.1, 0.15) is 0 Å². The average Bonchev–Trinajstić information content (AvgIpc) is 1.60. The molecule has 0 radical (unpaired) electrons. The van der Waals surface area contributed by atoms with E-state index < -0.39 is 5.09 Å². The lowest BCUT2D eigenvalue weighted by Crippen LogP contribution is -2.19. The first-order valence-electron chi connectivity index (χ1n) is 3.06. The second-order valence-electron chi connectivity index (χ2n) is 2.32. The minimum atomic E-state index is -0.724. The Morgan fingerprint density at radius 3 is 2.67 bits per heavy atom. The molecule has 1 aliphatic rings. The van der Waals surface area contributed by atoms with Gasteiger partial charge in [-0.15, -0.1) is 10.1 Å². The molecule has 9 heavy (non-hydrogen) atoms. The number of hydrogen-bond donors (Lipinski definition) is 0. The fourth-order valence-corrected chi connectivity index (χ4v) is 0.826. The predicted molar refractivity (Wildman–Crippen MR) is 30.3 cm³/mol. The van der Waals surface area contributed by atoms with Gasteiger partial charge in [0.25, 0.3) is 5.09 Å². The lowest BCUT2D eigenvalue weighted by Gasteiger charge is -2.23. The first-order valence-corrected chi connectivity index (χ1v) is 3.06. The number of hydrogen-bond acceptors (Lipinski definition) is 3. The van der Waals surface area contributed by atoms with E-state index in [4.69, 9.17) is 0 Å². The summed E-state index contributed by atoms with van der Waals surface area (Å²) in [5.74, 6) is 0.454. The molecule has 0 spiro atoms. The summed E-state index contributed by atoms with van der Waals surface area (Å²) >= 11 is 0. The van der Waals surface area contributed by atoms with Gasteiger partial charge >= 0.3 is 0 Å². The monoisotopic (exact) mass is 131 g/mol. The molecule has 1 aliphatic carbocycles. The summed E-state index contributed by atoms with van der Waals surface area (Å²) in [7, 11) is 0. The summed E-state index contributed by atoms with van der Waals surface area (Å²) in [6, 6.07) is 0. The van der Waals surface area contributed by atoms with Crippen LogP contribution >= 0.6 is 0 Å². The summed E-state index contributed by atoms with van der Waals surface area (Å²) in [5.41, 5.74) is 0. The molecular weight excluding hydrogens is 122 g/mol. The van der Waals surface area contributed by atoms with Crippen LogP contribution in [0.5, 0.6) is 0 Å². The van der Waals surface area contributed by atoms with E-state index in [2.05, 4.69) is 4.84 Å². The van der Waals surface area contributed by atoms with Crippen molar-refractivity contribution in [2.75, 3.05) is 6.61 Å². The van der Waals surface area contributed by atoms with E-state index in [1.165, 1.54) is 6.42 Å². The van der Waals surface area contributed by atoms with Crippen molar-refractivity contribution in [3.8, 4) is 0 Å². The Hall–Kier alpha value is -0.800. The maximum Gasteiger partial charge on any atom is 0.294 e. The highest BCUT2D eigenvalue weighted by molar-refractivity contribution is 4.67. The summed E-state index contributed by atoms with van der Waals surface area (Å²) in [4.78, 5) is 13.8. The lowest BCUT2D eigenvalue weighted by atomic mass is 9.86. The Bertz CT molecular complexity index is 111. The van der Waals surface area contributed by atoms with Crippen LogP contribution in [0.1, 0.15) is 19.3 Å². The Kier molecular flexibility index (Phi) is 1.87. The molecule has 0 unspecified atom stereocenters. The van der Waals surface area contributed by atoms with Crippen molar-refractivity contribution in [3.63, 3.8) is 0 Å². The smallest absolute Gasteiger partial charge is 0.294 e. The zero-order chi connectivity index (χ0) is 6.69. The van der Waals surface area contributed by atoms with Crippen LogP contribution in [0.4, 0.5) is 0 Å². The van der Waals surface area contributed by atoms with Crippen molar-refractivity contribution >= 4 is 0 Å². The van der Waals surface area contributed by atoms with Crippen LogP contribution in [0.2, 0.25) is 0 Å². The van der Waals surface area contributed by atoms with E-state index in [1.807, 2.05) is 0 Å². The third kappa shape index (κ3) is 1.87. The van der Waals surface area contributed by atoms with Gasteiger partial charge in [0.2, 0.25) is 0 Å². The maximum atomic E-state index is 9.63. The summed E-state index contributed by atoms with van der Waals surface area (Å²) in [6.07, 6.45) is 3.38. The molecule has 1 fully saturated rings. The molecule has 0 bridgehead atoms. The van der Waals surface area contributed by atoms with Gasteiger partial charge in [-0.3, -0.25) is 0 Å². The van der Waals surface area contributed by atoms with Crippen LogP contribution in [0, 0.1) is 16.0 Å². The van der Waals surface area contributed by atoms with Crippen LogP contribution in [0.15, 0.2) is 0 Å². The SMILES string of the molecule is O=[N+]([O-])OCC1CCC1. The van der Waals surface area contributed by atoms with Gasteiger partial charge in [-0.1, -0.05) is 6.42 Å². The quantitative estimate of drug-likeness (QED) is 0.424. The second-order valence-corrected chi connectivity index (χ2v) is 2.32. The van der Waals surface area contributed by atoms with Gasteiger partial charge < -0.3 is 4.84 Å². The highest BCUT2D eigenvalue weighted by atomic mass is 16.9. The predicted octanol–water partition coefficient (Wildman–Crippen LogP) is 0.995. The van der Waals surface area contributed by atoms with Crippen molar-refractivity contribution in [2.24, 2.45) is 5.92 Å². The van der Waals surface area contributed by atoms with Crippen molar-refractivity contribution in [1.29, 1.82) is 0 Å². The van der Waals surface area contributed by atoms with E-state index in [0.29, 0.717) is 12.5 Å². The molecule has 0 heterocycles. The van der Waals surface area contributed by atoms with Gasteiger partial charge in [-0.25, -0.2) is 0 Å². The molecule has 1 rings (SSSR count). The first kappa shape index (κ1) is 6.32. The fourth-order valence-electron chi connectivity index (χ4n) is 0.826. The molecule has 0 atom stereocenters. The van der Waals surface area contributed by atoms with E-state index in [1.54, 1.807) is 0 Å². The summed E-state index contributed by atoms with van der Waals surface area (Å²) in [6.45, 7) is 0.299. The van der Waals surface area contributed by atoms with E-state index in [0.717, 1.165) is 12.8 Å². The molecule has 1 saturated carbocycles. The van der Waals surface area contributed by atoms with Crippen LogP contribution in [0.25, 0.3) is 0 Å². The number of rotatable bonds is 3. The molecule has 4 nitrogen and oxygen atoms in total. The Labute approximate surface area is 52.9 Å². The van der Waals surface area contributed by atoms with E-state index in [9.17, 15) is 10.1 Å². The average molecular weight is 131 g/mol. The van der Waals surface area contributed by atoms with Crippen LogP contribution in [0.3, 0.4) is 0 Å². The topological polar surface area (TPSA) is 52.4 Å². The van der Waals surface area contributed by atoms with E-state index in [-0.39, 0.29) is 0 Å². The van der Waals surface area contributed by atoms with Gasteiger partial charge in [-0.2, -0.15) is 0 Å². The molecule has 0 N–H and O–H groups in total. The molecule has 0 aromatic rings. The zero-order valence-corrected chi connectivity index (χ0v) is 5.08. The highest BCUT2D eigenvalue weighted by Crippen LogP contribution is 2.25. The van der Waals surface area contributed by atoms with Crippen molar-refractivity contribution in [1.82, 2.24) is 0 Å². The van der Waals surface area contributed by atoms with Gasteiger partial charge in [0.05, 0.1) is 6.61 Å². The van der Waals surface area contributed by atoms with Crippen molar-refractivity contribution in [3.05, 3.63) is 10.1 Å². The molecule has 52 valence electrons. The van der Waals surface area contributed by atoms with Crippen molar-refractivity contribution < 1.29 is 9.92 Å². The molecular formula is C5H9NO3. The Morgan fingerprint density at radius 1 is 1.67 bits per heavy atom. The van der Waals surface area contributed by atoms with Gasteiger partial charge in [0, 0.05) is 0 Å². The van der Waals surface area contributed by atoms with Crippen LogP contribution in [-0.2, 0) is 4.84 Å². The molecule has 0 aliphatic heterocycles. The normalized spacial score (nSPS) is 18.7. The highest BCUT2D eigenvalue weighted by Gasteiger charge is 2.18. The molecule has 0 aromatic carbocycles. The third-order valence-corrected chi connectivity index (χ3v) is 1.64. The maximum absolute atomic E-state index is 9.63. The third-order valence-electron chi connectivity index (χ3n) is 1.64. The standard InChI is InChI=1S/C5H9NO3/c7-6(8)9-4-5-2-1-3-5/h5H,1-4H2. The van der Waals surface area contributed by atoms with Gasteiger partial charge in [0.15, 0.2) is 0 Å². The summed E-state index contributed by atoms with van der Waals surface area (Å²) in [5, 5.41) is 8.90. The Morgan fingerprint density at radius 2 is 2.33 bits per heavy atom. The largest absolute Gasteiger partial charge is 0.314 e. The molecule has 0 amide bonds. The second kappa shape index (κ2) is 2.66. The van der Waals surface area contributed by atoms with Crippen molar-refractivity contribution in [2.45, 2.75) is 19.3 Å². The minimum absolute atomic E-state index is 0.299. The zero-order valence-electron chi connectivity index (χ0n) is 5.08. The molecule has 0 saturated heterocycles. The molecule has 0 aromatic heterocycles.